The van der Waals surface area contributed by atoms with Crippen LogP contribution in [0.1, 0.15) is 52.9 Å². The van der Waals surface area contributed by atoms with E-state index < -0.39 is 11.5 Å². The lowest BCUT2D eigenvalue weighted by Crippen LogP contribution is -2.59. The van der Waals surface area contributed by atoms with Crippen LogP contribution in [-0.4, -0.2) is 28.6 Å². The zero-order chi connectivity index (χ0) is 14.0. The molecule has 5 heteroatoms. The fraction of sp³-hybridized carbons (Fsp3) is 0.846. The molecule has 0 radical (unpaired) electrons. The van der Waals surface area contributed by atoms with Gasteiger partial charge in [0.25, 0.3) is 0 Å². The van der Waals surface area contributed by atoms with Gasteiger partial charge in [0.2, 0.25) is 5.91 Å². The molecule has 1 atom stereocenters. The Morgan fingerprint density at radius 1 is 1.39 bits per heavy atom. The number of carbonyl (C=O) groups is 2. The molecule has 0 aromatic heterocycles. The summed E-state index contributed by atoms with van der Waals surface area (Å²) in [6, 6.07) is -0.226. The summed E-state index contributed by atoms with van der Waals surface area (Å²) >= 11 is 0. The molecule has 1 fully saturated rings. The van der Waals surface area contributed by atoms with Gasteiger partial charge in [-0.15, -0.1) is 0 Å². The van der Waals surface area contributed by atoms with E-state index in [-0.39, 0.29) is 23.8 Å². The van der Waals surface area contributed by atoms with Crippen LogP contribution in [0.4, 0.5) is 0 Å². The molecule has 1 unspecified atom stereocenters. The van der Waals surface area contributed by atoms with Gasteiger partial charge in [-0.05, 0) is 31.1 Å². The summed E-state index contributed by atoms with van der Waals surface area (Å²) in [5.41, 5.74) is 4.95. The summed E-state index contributed by atoms with van der Waals surface area (Å²) in [6.07, 6.45) is 2.80. The van der Waals surface area contributed by atoms with Crippen LogP contribution in [0.3, 0.4) is 0 Å². The van der Waals surface area contributed by atoms with Crippen LogP contribution in [0, 0.1) is 5.41 Å². The number of carboxylic acid groups (broad SMARTS) is 1. The summed E-state index contributed by atoms with van der Waals surface area (Å²) in [5, 5.41) is 11.7. The van der Waals surface area contributed by atoms with E-state index in [4.69, 9.17) is 10.8 Å². The molecule has 1 aliphatic rings. The quantitative estimate of drug-likeness (QED) is 0.690. The normalized spacial score (nSPS) is 19.8. The zero-order valence-corrected chi connectivity index (χ0v) is 11.5. The topological polar surface area (TPSA) is 92.4 Å². The van der Waals surface area contributed by atoms with Crippen LogP contribution in [0.2, 0.25) is 0 Å². The SMILES string of the molecule is CC(C)(C)CC(N)CC(=O)NC1(C(=O)O)CCC1. The smallest absolute Gasteiger partial charge is 0.329 e. The highest BCUT2D eigenvalue weighted by atomic mass is 16.4. The van der Waals surface area contributed by atoms with Crippen molar-refractivity contribution in [2.45, 2.75) is 64.5 Å². The number of rotatable bonds is 5. The van der Waals surface area contributed by atoms with E-state index in [1.54, 1.807) is 0 Å². The largest absolute Gasteiger partial charge is 0.480 e. The second-order valence-corrected chi connectivity index (χ2v) is 6.52. The van der Waals surface area contributed by atoms with E-state index >= 15 is 0 Å². The van der Waals surface area contributed by atoms with Crippen molar-refractivity contribution < 1.29 is 14.7 Å². The van der Waals surface area contributed by atoms with Gasteiger partial charge >= 0.3 is 5.97 Å². The molecule has 0 aromatic rings. The molecule has 0 aliphatic heterocycles. The van der Waals surface area contributed by atoms with Crippen molar-refractivity contribution in [1.29, 1.82) is 0 Å². The van der Waals surface area contributed by atoms with E-state index in [0.29, 0.717) is 12.8 Å². The Morgan fingerprint density at radius 2 is 1.94 bits per heavy atom. The maximum Gasteiger partial charge on any atom is 0.329 e. The van der Waals surface area contributed by atoms with Crippen molar-refractivity contribution >= 4 is 11.9 Å². The van der Waals surface area contributed by atoms with Gasteiger partial charge < -0.3 is 16.2 Å². The van der Waals surface area contributed by atoms with Crippen molar-refractivity contribution in [3.8, 4) is 0 Å². The Bertz CT molecular complexity index is 330. The Labute approximate surface area is 108 Å². The maximum atomic E-state index is 11.8. The minimum atomic E-state index is -1.03. The van der Waals surface area contributed by atoms with Gasteiger partial charge in [-0.25, -0.2) is 4.79 Å². The van der Waals surface area contributed by atoms with Gasteiger partial charge in [0.1, 0.15) is 5.54 Å². The molecule has 4 N–H and O–H groups in total. The molecule has 104 valence electrons. The lowest BCUT2D eigenvalue weighted by atomic mass is 9.76. The van der Waals surface area contributed by atoms with Crippen LogP contribution in [0.25, 0.3) is 0 Å². The third-order valence-corrected chi connectivity index (χ3v) is 3.32. The fourth-order valence-corrected chi connectivity index (χ4v) is 2.34. The maximum absolute atomic E-state index is 11.8. The summed E-state index contributed by atoms with van der Waals surface area (Å²) in [4.78, 5) is 22.9. The molecule has 0 bridgehead atoms. The lowest BCUT2D eigenvalue weighted by Gasteiger charge is -2.38. The summed E-state index contributed by atoms with van der Waals surface area (Å²) in [7, 11) is 0. The first-order valence-electron chi connectivity index (χ1n) is 6.45. The standard InChI is InChI=1S/C13H24N2O3/c1-12(2,3)8-9(14)7-10(16)15-13(11(17)18)5-4-6-13/h9H,4-8,14H2,1-3H3,(H,15,16)(H,17,18). The Balaban J connectivity index is 2.44. The first-order chi connectivity index (χ1) is 8.15. The minimum Gasteiger partial charge on any atom is -0.480 e. The summed E-state index contributed by atoms with van der Waals surface area (Å²) in [5.74, 6) is -1.19. The van der Waals surface area contributed by atoms with Crippen LogP contribution in [0.5, 0.6) is 0 Å². The second-order valence-electron chi connectivity index (χ2n) is 6.52. The first kappa shape index (κ1) is 15.0. The van der Waals surface area contributed by atoms with Gasteiger partial charge in [-0.1, -0.05) is 20.8 Å². The number of carboxylic acids is 1. The van der Waals surface area contributed by atoms with Gasteiger partial charge in [0, 0.05) is 12.5 Å². The van der Waals surface area contributed by atoms with Crippen LogP contribution < -0.4 is 11.1 Å². The van der Waals surface area contributed by atoms with Crippen molar-refractivity contribution in [2.24, 2.45) is 11.1 Å². The van der Waals surface area contributed by atoms with E-state index in [9.17, 15) is 9.59 Å². The molecular weight excluding hydrogens is 232 g/mol. The number of amides is 1. The van der Waals surface area contributed by atoms with E-state index in [1.165, 1.54) is 0 Å². The Hall–Kier alpha value is -1.10. The third-order valence-electron chi connectivity index (χ3n) is 3.32. The van der Waals surface area contributed by atoms with E-state index in [0.717, 1.165) is 12.8 Å². The molecule has 1 saturated carbocycles. The molecule has 5 nitrogen and oxygen atoms in total. The van der Waals surface area contributed by atoms with E-state index in [2.05, 4.69) is 26.1 Å². The Morgan fingerprint density at radius 3 is 2.28 bits per heavy atom. The highest BCUT2D eigenvalue weighted by Crippen LogP contribution is 2.32. The van der Waals surface area contributed by atoms with Crippen molar-refractivity contribution in [3.05, 3.63) is 0 Å². The number of hydrogen-bond donors (Lipinski definition) is 3. The molecule has 1 rings (SSSR count). The minimum absolute atomic E-state index is 0.0701. The molecule has 0 aromatic carbocycles. The average Bonchev–Trinajstić information content (AvgIpc) is 2.06. The fourth-order valence-electron chi connectivity index (χ4n) is 2.34. The third kappa shape index (κ3) is 3.98. The van der Waals surface area contributed by atoms with Crippen molar-refractivity contribution in [3.63, 3.8) is 0 Å². The zero-order valence-electron chi connectivity index (χ0n) is 11.5. The van der Waals surface area contributed by atoms with Gasteiger partial charge in [0.05, 0.1) is 0 Å². The van der Waals surface area contributed by atoms with Gasteiger partial charge in [-0.2, -0.15) is 0 Å². The molecule has 0 spiro atoms. The van der Waals surface area contributed by atoms with Crippen molar-refractivity contribution in [1.82, 2.24) is 5.32 Å². The summed E-state index contributed by atoms with van der Waals surface area (Å²) < 4.78 is 0. The number of nitrogens with one attached hydrogen (secondary N) is 1. The molecule has 1 aliphatic carbocycles. The van der Waals surface area contributed by atoms with Crippen LogP contribution in [0.15, 0.2) is 0 Å². The average molecular weight is 256 g/mol. The van der Waals surface area contributed by atoms with Gasteiger partial charge in [0.15, 0.2) is 0 Å². The summed E-state index contributed by atoms with van der Waals surface area (Å²) in [6.45, 7) is 6.19. The molecule has 0 heterocycles. The number of carbonyl (C=O) groups excluding carboxylic acids is 1. The van der Waals surface area contributed by atoms with Crippen LogP contribution in [-0.2, 0) is 9.59 Å². The van der Waals surface area contributed by atoms with E-state index in [1.807, 2.05) is 0 Å². The highest BCUT2D eigenvalue weighted by Gasteiger charge is 2.45. The first-order valence-corrected chi connectivity index (χ1v) is 6.45. The second kappa shape index (κ2) is 5.26. The molecule has 0 saturated heterocycles. The lowest BCUT2D eigenvalue weighted by molar-refractivity contribution is -0.151. The number of hydrogen-bond acceptors (Lipinski definition) is 3. The Kier molecular flexibility index (Phi) is 4.37. The highest BCUT2D eigenvalue weighted by molar-refractivity contribution is 5.88. The van der Waals surface area contributed by atoms with Crippen LogP contribution >= 0.6 is 0 Å². The van der Waals surface area contributed by atoms with Crippen molar-refractivity contribution in [2.75, 3.05) is 0 Å². The molecule has 1 amide bonds. The number of aliphatic carboxylic acids is 1. The van der Waals surface area contributed by atoms with Gasteiger partial charge in [-0.3, -0.25) is 4.79 Å². The molecule has 18 heavy (non-hydrogen) atoms. The monoisotopic (exact) mass is 256 g/mol. The predicted octanol–water partition coefficient (Wildman–Crippen LogP) is 1.26. The molecular formula is C13H24N2O3. The number of nitrogens with two attached hydrogens (primary N) is 1. The predicted molar refractivity (Wildman–Crippen MR) is 69.0 cm³/mol.